The van der Waals surface area contributed by atoms with Gasteiger partial charge in [-0.2, -0.15) is 4.98 Å². The Morgan fingerprint density at radius 2 is 2.03 bits per heavy atom. The van der Waals surface area contributed by atoms with Gasteiger partial charge in [0, 0.05) is 41.1 Å². The van der Waals surface area contributed by atoms with Crippen LogP contribution in [0.25, 0.3) is 10.2 Å². The summed E-state index contributed by atoms with van der Waals surface area (Å²) in [6, 6.07) is 7.62. The molecule has 1 aliphatic carbocycles. The summed E-state index contributed by atoms with van der Waals surface area (Å²) < 4.78 is 1.05. The molecule has 1 aliphatic heterocycles. The summed E-state index contributed by atoms with van der Waals surface area (Å²) in [5.41, 5.74) is 2.09. The molecule has 6 nitrogen and oxygen atoms in total. The number of aliphatic hydroxyl groups is 1. The van der Waals surface area contributed by atoms with Crippen molar-refractivity contribution in [3.05, 3.63) is 57.6 Å². The molecule has 204 valence electrons. The Hall–Kier alpha value is -2.06. The zero-order chi connectivity index (χ0) is 27.2. The van der Waals surface area contributed by atoms with Crippen molar-refractivity contribution in [3.63, 3.8) is 0 Å². The molecule has 5 rings (SSSR count). The van der Waals surface area contributed by atoms with Gasteiger partial charge in [0.25, 0.3) is 0 Å². The first kappa shape index (κ1) is 27.5. The average Bonchev–Trinajstić information content (AvgIpc) is 3.29. The molecule has 2 N–H and O–H groups in total. The summed E-state index contributed by atoms with van der Waals surface area (Å²) in [6.45, 7) is 13.4. The van der Waals surface area contributed by atoms with Crippen molar-refractivity contribution in [2.24, 2.45) is 17.8 Å². The minimum absolute atomic E-state index is 0.0348. The van der Waals surface area contributed by atoms with E-state index in [0.717, 1.165) is 66.4 Å². The van der Waals surface area contributed by atoms with Crippen LogP contribution in [0, 0.1) is 17.8 Å². The fourth-order valence-corrected chi connectivity index (χ4v) is 7.29. The lowest BCUT2D eigenvalue weighted by atomic mass is 9.67. The minimum Gasteiger partial charge on any atom is -0.513 e. The van der Waals surface area contributed by atoms with E-state index < -0.39 is 0 Å². The van der Waals surface area contributed by atoms with Crippen LogP contribution < -0.4 is 10.2 Å². The Morgan fingerprint density at radius 3 is 2.68 bits per heavy atom. The molecular weight excluding hydrogens is 537 g/mol. The lowest BCUT2D eigenvalue weighted by molar-refractivity contribution is -0.00968. The zero-order valence-electron chi connectivity index (χ0n) is 22.5. The largest absolute Gasteiger partial charge is 0.513 e. The molecular formula is C29H37Cl2N5OS. The number of nitrogens with zero attached hydrogens (tertiary/aromatic N) is 4. The molecule has 2 fully saturated rings. The van der Waals surface area contributed by atoms with E-state index >= 15 is 0 Å². The van der Waals surface area contributed by atoms with Crippen molar-refractivity contribution in [2.45, 2.75) is 51.6 Å². The number of benzene rings is 1. The van der Waals surface area contributed by atoms with Crippen LogP contribution in [0.5, 0.6) is 0 Å². The van der Waals surface area contributed by atoms with Crippen LogP contribution in [0.3, 0.4) is 0 Å². The Kier molecular flexibility index (Phi) is 7.84. The summed E-state index contributed by atoms with van der Waals surface area (Å²) in [5, 5.41) is 16.7. The van der Waals surface area contributed by atoms with E-state index in [-0.39, 0.29) is 17.5 Å². The molecule has 0 spiro atoms. The lowest BCUT2D eigenvalue weighted by Gasteiger charge is -2.53. The van der Waals surface area contributed by atoms with E-state index in [1.807, 2.05) is 12.1 Å². The second-order valence-electron chi connectivity index (χ2n) is 11.3. The fourth-order valence-electron chi connectivity index (χ4n) is 5.93. The van der Waals surface area contributed by atoms with Crippen LogP contribution in [0.1, 0.15) is 51.6 Å². The summed E-state index contributed by atoms with van der Waals surface area (Å²) in [6.07, 6.45) is 3.11. The van der Waals surface area contributed by atoms with E-state index in [1.165, 1.54) is 0 Å². The van der Waals surface area contributed by atoms with Crippen LogP contribution in [0.2, 0.25) is 10.0 Å². The monoisotopic (exact) mass is 573 g/mol. The first-order chi connectivity index (χ1) is 18.1. The number of halogens is 2. The van der Waals surface area contributed by atoms with Crippen LogP contribution in [-0.4, -0.2) is 52.2 Å². The van der Waals surface area contributed by atoms with E-state index in [0.29, 0.717) is 27.6 Å². The molecule has 2 aliphatic rings. The molecule has 1 aromatic carbocycles. The number of rotatable bonds is 10. The predicted octanol–water partition coefficient (Wildman–Crippen LogP) is 7.81. The molecule has 0 bridgehead atoms. The Labute approximate surface area is 239 Å². The van der Waals surface area contributed by atoms with Crippen LogP contribution >= 0.6 is 34.5 Å². The fraction of sp³-hybridized carbons (Fsp3) is 0.517. The highest BCUT2D eigenvalue weighted by Crippen LogP contribution is 2.45. The van der Waals surface area contributed by atoms with Gasteiger partial charge in [-0.1, -0.05) is 49.2 Å². The molecule has 3 aromatic rings. The van der Waals surface area contributed by atoms with Gasteiger partial charge in [-0.15, -0.1) is 11.3 Å². The summed E-state index contributed by atoms with van der Waals surface area (Å²) in [7, 11) is 2.23. The number of thiophene rings is 1. The maximum Gasteiger partial charge on any atom is 0.227 e. The first-order valence-electron chi connectivity index (χ1n) is 13.4. The molecule has 0 amide bonds. The standard InChI is InChI=1S/C29H37Cl2N5OS/c1-6-19(14-35(5)29(4)12-20(13-29)18(3)37)21-15-36(16-21)28-33-25-9-10-38-26(25)27(34-28)32-17(2)23-8-7-22(30)11-24(23)31/h7-11,17,19-21,37H,3,6,12-16H2,1-2,4-5H3,(H,32,33,34). The quantitative estimate of drug-likeness (QED) is 0.241. The number of anilines is 2. The highest BCUT2D eigenvalue weighted by Gasteiger charge is 2.46. The second-order valence-corrected chi connectivity index (χ2v) is 13.1. The predicted molar refractivity (Wildman–Crippen MR) is 161 cm³/mol. The maximum absolute atomic E-state index is 9.74. The molecule has 2 aromatic heterocycles. The zero-order valence-corrected chi connectivity index (χ0v) is 24.9. The number of aromatic nitrogens is 2. The topological polar surface area (TPSA) is 64.5 Å². The van der Waals surface area contributed by atoms with E-state index in [2.05, 4.69) is 61.0 Å². The van der Waals surface area contributed by atoms with E-state index in [4.69, 9.17) is 33.2 Å². The SMILES string of the molecule is C=C(O)C1CC(C)(N(C)CC(CC)C2CN(c3nc(NC(C)c4ccc(Cl)cc4Cl)c4sccc4n3)C2)C1. The second kappa shape index (κ2) is 10.8. The third kappa shape index (κ3) is 5.35. The molecule has 3 heterocycles. The van der Waals surface area contributed by atoms with Crippen LogP contribution in [-0.2, 0) is 0 Å². The molecule has 2 unspecified atom stereocenters. The van der Waals surface area contributed by atoms with Crippen molar-refractivity contribution in [1.82, 2.24) is 14.9 Å². The van der Waals surface area contributed by atoms with Crippen LogP contribution in [0.4, 0.5) is 11.8 Å². The normalized spacial score (nSPS) is 23.2. The van der Waals surface area contributed by atoms with Crippen molar-refractivity contribution in [3.8, 4) is 0 Å². The highest BCUT2D eigenvalue weighted by atomic mass is 35.5. The number of nitrogens with one attached hydrogen (secondary N) is 1. The lowest BCUT2D eigenvalue weighted by Crippen LogP contribution is -2.58. The number of allylic oxidation sites excluding steroid dienone is 1. The minimum atomic E-state index is -0.0348. The molecule has 2 atom stereocenters. The smallest absolute Gasteiger partial charge is 0.227 e. The van der Waals surface area contributed by atoms with Gasteiger partial charge < -0.3 is 20.2 Å². The van der Waals surface area contributed by atoms with Crippen molar-refractivity contribution >= 4 is 56.5 Å². The number of hydrogen-bond donors (Lipinski definition) is 2. The van der Waals surface area contributed by atoms with Crippen molar-refractivity contribution < 1.29 is 5.11 Å². The average molecular weight is 575 g/mol. The Bertz CT molecular complexity index is 1320. The van der Waals surface area contributed by atoms with Gasteiger partial charge in [-0.25, -0.2) is 4.98 Å². The Morgan fingerprint density at radius 1 is 1.29 bits per heavy atom. The first-order valence-corrected chi connectivity index (χ1v) is 15.0. The third-order valence-corrected chi connectivity index (χ3v) is 10.2. The molecule has 1 saturated heterocycles. The molecule has 9 heteroatoms. The van der Waals surface area contributed by atoms with Gasteiger partial charge in [-0.05, 0) is 74.7 Å². The third-order valence-electron chi connectivity index (χ3n) is 8.73. The summed E-state index contributed by atoms with van der Waals surface area (Å²) >= 11 is 14.2. The number of hydrogen-bond acceptors (Lipinski definition) is 7. The highest BCUT2D eigenvalue weighted by molar-refractivity contribution is 7.17. The van der Waals surface area contributed by atoms with E-state index in [1.54, 1.807) is 17.4 Å². The molecule has 38 heavy (non-hydrogen) atoms. The number of aliphatic hydroxyl groups excluding tert-OH is 1. The van der Waals surface area contributed by atoms with Gasteiger partial charge in [0.05, 0.1) is 22.0 Å². The van der Waals surface area contributed by atoms with Gasteiger partial charge in [-0.3, -0.25) is 0 Å². The Balaban J connectivity index is 1.25. The van der Waals surface area contributed by atoms with Crippen molar-refractivity contribution in [1.29, 1.82) is 0 Å². The van der Waals surface area contributed by atoms with Gasteiger partial charge in [0.2, 0.25) is 5.95 Å². The molecule has 0 radical (unpaired) electrons. The molecule has 1 saturated carbocycles. The maximum atomic E-state index is 9.74. The van der Waals surface area contributed by atoms with Gasteiger partial charge >= 0.3 is 0 Å². The summed E-state index contributed by atoms with van der Waals surface area (Å²) in [5.74, 6) is 3.42. The van der Waals surface area contributed by atoms with Gasteiger partial charge in [0.15, 0.2) is 0 Å². The van der Waals surface area contributed by atoms with Crippen LogP contribution in [0.15, 0.2) is 42.0 Å². The van der Waals surface area contributed by atoms with E-state index in [9.17, 15) is 5.11 Å². The van der Waals surface area contributed by atoms with Gasteiger partial charge in [0.1, 0.15) is 5.82 Å². The van der Waals surface area contributed by atoms with Crippen molar-refractivity contribution in [2.75, 3.05) is 36.9 Å². The number of fused-ring (bicyclic) bond motifs is 1. The summed E-state index contributed by atoms with van der Waals surface area (Å²) in [4.78, 5) is 14.7.